The zero-order valence-corrected chi connectivity index (χ0v) is 9.65. The fourth-order valence-corrected chi connectivity index (χ4v) is 1.82. The number of benzene rings is 1. The number of β-lactam (4-membered cyclic amide) rings is 1. The van der Waals surface area contributed by atoms with Crippen LogP contribution in [0.25, 0.3) is 0 Å². The third-order valence-electron chi connectivity index (χ3n) is 2.86. The third kappa shape index (κ3) is 2.65. The van der Waals surface area contributed by atoms with Crippen LogP contribution in [0.3, 0.4) is 0 Å². The van der Waals surface area contributed by atoms with Gasteiger partial charge in [-0.2, -0.15) is 0 Å². The van der Waals surface area contributed by atoms with Crippen LogP contribution < -0.4 is 16.4 Å². The molecule has 0 aliphatic carbocycles. The van der Waals surface area contributed by atoms with E-state index in [0.717, 1.165) is 0 Å². The molecule has 2 rings (SSSR count). The molecule has 2 atom stereocenters. The van der Waals surface area contributed by atoms with Gasteiger partial charge in [0.05, 0.1) is 12.5 Å². The van der Waals surface area contributed by atoms with Gasteiger partial charge in [-0.3, -0.25) is 9.59 Å². The van der Waals surface area contributed by atoms with Gasteiger partial charge in [-0.1, -0.05) is 12.1 Å². The molecule has 1 aromatic rings. The highest BCUT2D eigenvalue weighted by Crippen LogP contribution is 2.07. The van der Waals surface area contributed by atoms with Gasteiger partial charge in [0, 0.05) is 6.54 Å². The van der Waals surface area contributed by atoms with Gasteiger partial charge in [0.1, 0.15) is 11.9 Å². The van der Waals surface area contributed by atoms with Gasteiger partial charge in [0.15, 0.2) is 0 Å². The van der Waals surface area contributed by atoms with Gasteiger partial charge in [-0.15, -0.1) is 0 Å². The van der Waals surface area contributed by atoms with Crippen molar-refractivity contribution in [2.75, 3.05) is 6.54 Å². The van der Waals surface area contributed by atoms with E-state index in [0.29, 0.717) is 5.56 Å². The van der Waals surface area contributed by atoms with Crippen molar-refractivity contribution in [3.63, 3.8) is 0 Å². The molecule has 0 unspecified atom stereocenters. The topological polar surface area (TPSA) is 84.2 Å². The van der Waals surface area contributed by atoms with Crippen molar-refractivity contribution in [1.29, 1.82) is 0 Å². The number of nitrogens with two attached hydrogens (primary N) is 1. The summed E-state index contributed by atoms with van der Waals surface area (Å²) >= 11 is 0. The first-order valence-electron chi connectivity index (χ1n) is 5.64. The monoisotopic (exact) mass is 251 g/mol. The molecular formula is C12H14FN3O2. The Hall–Kier alpha value is -1.95. The summed E-state index contributed by atoms with van der Waals surface area (Å²) < 4.78 is 12.7. The van der Waals surface area contributed by atoms with Crippen molar-refractivity contribution in [2.24, 2.45) is 5.73 Å². The molecule has 1 aliphatic rings. The van der Waals surface area contributed by atoms with Gasteiger partial charge < -0.3 is 16.4 Å². The van der Waals surface area contributed by atoms with Crippen LogP contribution in [0.2, 0.25) is 0 Å². The second kappa shape index (κ2) is 5.14. The largest absolute Gasteiger partial charge is 0.348 e. The maximum atomic E-state index is 12.7. The van der Waals surface area contributed by atoms with Crippen molar-refractivity contribution < 1.29 is 14.0 Å². The molecule has 96 valence electrons. The minimum atomic E-state index is -0.553. The van der Waals surface area contributed by atoms with E-state index in [9.17, 15) is 14.0 Å². The second-order valence-electron chi connectivity index (χ2n) is 4.20. The lowest BCUT2D eigenvalue weighted by atomic mass is 9.99. The minimum Gasteiger partial charge on any atom is -0.348 e. The zero-order valence-electron chi connectivity index (χ0n) is 9.65. The van der Waals surface area contributed by atoms with E-state index >= 15 is 0 Å². The first kappa shape index (κ1) is 12.5. The van der Waals surface area contributed by atoms with Crippen LogP contribution in [0.1, 0.15) is 5.56 Å². The molecule has 0 aromatic heterocycles. The summed E-state index contributed by atoms with van der Waals surface area (Å²) in [5.74, 6) is -0.849. The normalized spacial score (nSPS) is 22.0. The molecule has 1 heterocycles. The molecule has 0 radical (unpaired) electrons. The highest BCUT2D eigenvalue weighted by molar-refractivity contribution is 5.93. The Morgan fingerprint density at radius 3 is 2.61 bits per heavy atom. The summed E-state index contributed by atoms with van der Waals surface area (Å²) in [7, 11) is 0. The van der Waals surface area contributed by atoms with Gasteiger partial charge in [0.2, 0.25) is 11.8 Å². The van der Waals surface area contributed by atoms with Gasteiger partial charge in [-0.25, -0.2) is 4.39 Å². The van der Waals surface area contributed by atoms with E-state index in [-0.39, 0.29) is 36.6 Å². The average Bonchev–Trinajstić information content (AvgIpc) is 2.36. The highest BCUT2D eigenvalue weighted by atomic mass is 19.1. The Morgan fingerprint density at radius 1 is 1.39 bits per heavy atom. The average molecular weight is 251 g/mol. The van der Waals surface area contributed by atoms with Crippen molar-refractivity contribution >= 4 is 11.8 Å². The lowest BCUT2D eigenvalue weighted by Crippen LogP contribution is -2.71. The first-order valence-corrected chi connectivity index (χ1v) is 5.64. The van der Waals surface area contributed by atoms with E-state index in [1.165, 1.54) is 24.3 Å². The van der Waals surface area contributed by atoms with E-state index < -0.39 is 6.04 Å². The number of amides is 2. The summed E-state index contributed by atoms with van der Waals surface area (Å²) in [6, 6.07) is 4.91. The van der Waals surface area contributed by atoms with Crippen LogP contribution in [0.15, 0.2) is 24.3 Å². The molecule has 4 N–H and O–H groups in total. The van der Waals surface area contributed by atoms with Gasteiger partial charge in [0.25, 0.3) is 0 Å². The molecule has 5 nitrogen and oxygen atoms in total. The number of hydrogen-bond donors (Lipinski definition) is 3. The number of rotatable bonds is 4. The standard InChI is InChI=1S/C12H14FN3O2/c13-8-3-1-7(2-4-8)5-10(17)16-11-9(6-14)15-12(11)18/h1-4,9,11H,5-6,14H2,(H,15,18)(H,16,17)/t9-,11+/m1/s1. The van der Waals surface area contributed by atoms with Crippen molar-refractivity contribution in [1.82, 2.24) is 10.6 Å². The molecule has 1 aromatic carbocycles. The number of halogens is 1. The highest BCUT2D eigenvalue weighted by Gasteiger charge is 2.39. The first-order chi connectivity index (χ1) is 8.60. The SMILES string of the molecule is NC[C@H]1NC(=O)[C@H]1NC(=O)Cc1ccc(F)cc1. The summed E-state index contributed by atoms with van der Waals surface area (Å²) in [4.78, 5) is 22.9. The van der Waals surface area contributed by atoms with E-state index in [2.05, 4.69) is 10.6 Å². The Kier molecular flexibility index (Phi) is 3.57. The second-order valence-corrected chi connectivity index (χ2v) is 4.20. The molecule has 2 amide bonds. The Bertz CT molecular complexity index is 461. The predicted octanol–water partition coefficient (Wildman–Crippen LogP) is -0.690. The van der Waals surface area contributed by atoms with Crippen LogP contribution in [0, 0.1) is 5.82 Å². The summed E-state index contributed by atoms with van der Waals surface area (Å²) in [6.07, 6.45) is 0.112. The summed E-state index contributed by atoms with van der Waals surface area (Å²) in [5.41, 5.74) is 6.12. The zero-order chi connectivity index (χ0) is 13.1. The van der Waals surface area contributed by atoms with Crippen LogP contribution in [-0.4, -0.2) is 30.4 Å². The number of hydrogen-bond acceptors (Lipinski definition) is 3. The minimum absolute atomic E-state index is 0.112. The number of carbonyl (C=O) groups excluding carboxylic acids is 2. The van der Waals surface area contributed by atoms with Crippen molar-refractivity contribution in [2.45, 2.75) is 18.5 Å². The van der Waals surface area contributed by atoms with Crippen LogP contribution in [0.5, 0.6) is 0 Å². The molecule has 0 spiro atoms. The molecular weight excluding hydrogens is 237 g/mol. The van der Waals surface area contributed by atoms with Gasteiger partial charge in [-0.05, 0) is 17.7 Å². The van der Waals surface area contributed by atoms with Crippen LogP contribution in [0.4, 0.5) is 4.39 Å². The van der Waals surface area contributed by atoms with Crippen molar-refractivity contribution in [3.8, 4) is 0 Å². The Balaban J connectivity index is 1.89. The van der Waals surface area contributed by atoms with E-state index in [1.54, 1.807) is 0 Å². The molecule has 0 bridgehead atoms. The van der Waals surface area contributed by atoms with E-state index in [4.69, 9.17) is 5.73 Å². The quantitative estimate of drug-likeness (QED) is 0.619. The number of carbonyl (C=O) groups is 2. The Labute approximate surface area is 104 Å². The maximum Gasteiger partial charge on any atom is 0.245 e. The lowest BCUT2D eigenvalue weighted by molar-refractivity contribution is -0.135. The number of nitrogens with one attached hydrogen (secondary N) is 2. The smallest absolute Gasteiger partial charge is 0.245 e. The molecule has 6 heteroatoms. The van der Waals surface area contributed by atoms with Crippen LogP contribution in [-0.2, 0) is 16.0 Å². The fraction of sp³-hybridized carbons (Fsp3) is 0.333. The third-order valence-corrected chi connectivity index (χ3v) is 2.86. The molecule has 1 saturated heterocycles. The molecule has 1 aliphatic heterocycles. The van der Waals surface area contributed by atoms with Crippen molar-refractivity contribution in [3.05, 3.63) is 35.6 Å². The predicted molar refractivity (Wildman–Crippen MR) is 63.0 cm³/mol. The maximum absolute atomic E-state index is 12.7. The summed E-state index contributed by atoms with van der Waals surface area (Å²) in [6.45, 7) is 0.285. The van der Waals surface area contributed by atoms with Crippen LogP contribution >= 0.6 is 0 Å². The van der Waals surface area contributed by atoms with E-state index in [1.807, 2.05) is 0 Å². The Morgan fingerprint density at radius 2 is 2.06 bits per heavy atom. The fourth-order valence-electron chi connectivity index (χ4n) is 1.82. The summed E-state index contributed by atoms with van der Waals surface area (Å²) in [5, 5.41) is 5.20. The molecule has 1 fully saturated rings. The van der Waals surface area contributed by atoms with Gasteiger partial charge >= 0.3 is 0 Å². The molecule has 18 heavy (non-hydrogen) atoms. The lowest BCUT2D eigenvalue weighted by Gasteiger charge is -2.36. The molecule has 0 saturated carbocycles.